The Kier molecular flexibility index (Phi) is 3.09. The van der Waals surface area contributed by atoms with E-state index in [0.717, 1.165) is 19.5 Å². The van der Waals surface area contributed by atoms with Crippen molar-refractivity contribution in [2.75, 3.05) is 32.9 Å². The van der Waals surface area contributed by atoms with E-state index in [4.69, 9.17) is 5.11 Å². The summed E-state index contributed by atoms with van der Waals surface area (Å²) in [5.74, 6) is 0.228. The summed E-state index contributed by atoms with van der Waals surface area (Å²) in [6.07, 6.45) is 0.955. The van der Waals surface area contributed by atoms with Crippen LogP contribution in [0.1, 0.15) is 6.42 Å². The van der Waals surface area contributed by atoms with Gasteiger partial charge in [0.2, 0.25) is 0 Å². The highest BCUT2D eigenvalue weighted by molar-refractivity contribution is 4.74. The maximum Gasteiger partial charge on any atom is 0.0935 e. The zero-order chi connectivity index (χ0) is 7.40. The largest absolute Gasteiger partial charge is 0.395 e. The number of halogens is 1. The van der Waals surface area contributed by atoms with Gasteiger partial charge in [0.15, 0.2) is 0 Å². The van der Waals surface area contributed by atoms with E-state index in [2.05, 4.69) is 4.90 Å². The molecular weight excluding hydrogens is 133 g/mol. The van der Waals surface area contributed by atoms with Crippen LogP contribution < -0.4 is 0 Å². The molecule has 1 atom stereocenters. The highest BCUT2D eigenvalue weighted by atomic mass is 19.1. The summed E-state index contributed by atoms with van der Waals surface area (Å²) >= 11 is 0. The summed E-state index contributed by atoms with van der Waals surface area (Å²) in [6.45, 7) is 2.48. The Morgan fingerprint density at radius 3 is 2.90 bits per heavy atom. The van der Waals surface area contributed by atoms with Gasteiger partial charge in [-0.1, -0.05) is 0 Å². The Balaban J connectivity index is 2.15. The summed E-state index contributed by atoms with van der Waals surface area (Å²) in [6, 6.07) is 0. The van der Waals surface area contributed by atoms with Crippen LogP contribution in [0.2, 0.25) is 0 Å². The lowest BCUT2D eigenvalue weighted by atomic mass is 10.1. The zero-order valence-corrected chi connectivity index (χ0v) is 6.09. The van der Waals surface area contributed by atoms with Gasteiger partial charge in [-0.2, -0.15) is 0 Å². The van der Waals surface area contributed by atoms with Gasteiger partial charge in [0.25, 0.3) is 0 Å². The van der Waals surface area contributed by atoms with Crippen LogP contribution >= 0.6 is 0 Å². The number of rotatable bonds is 3. The van der Waals surface area contributed by atoms with E-state index in [0.29, 0.717) is 6.54 Å². The normalized spacial score (nSPS) is 27.6. The third kappa shape index (κ3) is 1.92. The van der Waals surface area contributed by atoms with Crippen LogP contribution in [0.4, 0.5) is 4.39 Å². The Morgan fingerprint density at radius 1 is 1.60 bits per heavy atom. The first-order valence-corrected chi connectivity index (χ1v) is 3.76. The number of hydrogen-bond acceptors (Lipinski definition) is 2. The van der Waals surface area contributed by atoms with E-state index in [1.54, 1.807) is 0 Å². The molecule has 0 bridgehead atoms. The van der Waals surface area contributed by atoms with Gasteiger partial charge in [-0.05, 0) is 13.0 Å². The average molecular weight is 147 g/mol. The quantitative estimate of drug-likeness (QED) is 0.619. The van der Waals surface area contributed by atoms with Crippen LogP contribution in [0.5, 0.6) is 0 Å². The summed E-state index contributed by atoms with van der Waals surface area (Å²) in [7, 11) is 0. The number of aliphatic hydroxyl groups is 1. The van der Waals surface area contributed by atoms with E-state index in [1.165, 1.54) is 0 Å². The molecule has 2 nitrogen and oxygen atoms in total. The minimum atomic E-state index is -0.206. The van der Waals surface area contributed by atoms with Gasteiger partial charge in [-0.25, -0.2) is 0 Å². The van der Waals surface area contributed by atoms with Gasteiger partial charge in [-0.3, -0.25) is 4.39 Å². The lowest BCUT2D eigenvalue weighted by molar-refractivity contribution is 0.214. The molecule has 1 fully saturated rings. The number of likely N-dealkylation sites (tertiary alicyclic amines) is 1. The van der Waals surface area contributed by atoms with E-state index in [1.807, 2.05) is 0 Å². The second-order valence-electron chi connectivity index (χ2n) is 2.83. The molecular formula is C7H14FNO. The third-order valence-electron chi connectivity index (χ3n) is 2.00. The Bertz CT molecular complexity index is 99.6. The highest BCUT2D eigenvalue weighted by Gasteiger charge is 2.20. The van der Waals surface area contributed by atoms with Gasteiger partial charge in [-0.15, -0.1) is 0 Å². The van der Waals surface area contributed by atoms with Crippen molar-refractivity contribution in [2.45, 2.75) is 6.42 Å². The topological polar surface area (TPSA) is 23.5 Å². The van der Waals surface area contributed by atoms with Crippen molar-refractivity contribution in [3.05, 3.63) is 0 Å². The van der Waals surface area contributed by atoms with Crippen LogP contribution in [0.25, 0.3) is 0 Å². The van der Waals surface area contributed by atoms with E-state index in [9.17, 15) is 4.39 Å². The van der Waals surface area contributed by atoms with Crippen molar-refractivity contribution in [3.63, 3.8) is 0 Å². The summed E-state index contributed by atoms with van der Waals surface area (Å²) in [4.78, 5) is 2.10. The number of hydrogen-bond donors (Lipinski definition) is 1. The molecule has 0 aliphatic carbocycles. The summed E-state index contributed by atoms with van der Waals surface area (Å²) in [5, 5.41) is 8.55. The van der Waals surface area contributed by atoms with Crippen LogP contribution in [0.3, 0.4) is 0 Å². The fourth-order valence-corrected chi connectivity index (χ4v) is 1.38. The predicted molar refractivity (Wildman–Crippen MR) is 37.6 cm³/mol. The van der Waals surface area contributed by atoms with Crippen LogP contribution in [-0.4, -0.2) is 42.9 Å². The average Bonchev–Trinajstić information content (AvgIpc) is 2.37. The maximum absolute atomic E-state index is 12.0. The Hall–Kier alpha value is -0.150. The summed E-state index contributed by atoms with van der Waals surface area (Å²) in [5.41, 5.74) is 0. The first-order valence-electron chi connectivity index (χ1n) is 3.76. The molecule has 0 saturated carbocycles. The molecule has 0 amide bonds. The smallest absolute Gasteiger partial charge is 0.0935 e. The minimum Gasteiger partial charge on any atom is -0.395 e. The van der Waals surface area contributed by atoms with Crippen molar-refractivity contribution in [2.24, 2.45) is 5.92 Å². The van der Waals surface area contributed by atoms with Gasteiger partial charge < -0.3 is 10.0 Å². The lowest BCUT2D eigenvalue weighted by Gasteiger charge is -2.12. The molecule has 1 saturated heterocycles. The number of alkyl halides is 1. The molecule has 0 unspecified atom stereocenters. The molecule has 1 aliphatic rings. The molecule has 0 spiro atoms. The van der Waals surface area contributed by atoms with Crippen molar-refractivity contribution < 1.29 is 9.50 Å². The Labute approximate surface area is 60.6 Å². The molecule has 1 heterocycles. The lowest BCUT2D eigenvalue weighted by Crippen LogP contribution is -2.24. The second-order valence-corrected chi connectivity index (χ2v) is 2.83. The SMILES string of the molecule is OCCN1CC[C@H](CF)C1. The molecule has 0 aromatic heterocycles. The molecule has 1 N–H and O–H groups in total. The third-order valence-corrected chi connectivity index (χ3v) is 2.00. The van der Waals surface area contributed by atoms with Crippen molar-refractivity contribution in [3.8, 4) is 0 Å². The molecule has 10 heavy (non-hydrogen) atoms. The molecule has 60 valence electrons. The van der Waals surface area contributed by atoms with Crippen LogP contribution in [0.15, 0.2) is 0 Å². The van der Waals surface area contributed by atoms with Gasteiger partial charge in [0, 0.05) is 19.0 Å². The minimum absolute atomic E-state index is 0.193. The number of β-amino-alcohol motifs (C(OH)–C–C–N with tert-alkyl or cyclic N) is 1. The molecule has 0 aromatic rings. The molecule has 1 rings (SSSR count). The van der Waals surface area contributed by atoms with E-state index in [-0.39, 0.29) is 19.2 Å². The zero-order valence-electron chi connectivity index (χ0n) is 6.09. The van der Waals surface area contributed by atoms with Gasteiger partial charge >= 0.3 is 0 Å². The summed E-state index contributed by atoms with van der Waals surface area (Å²) < 4.78 is 12.0. The van der Waals surface area contributed by atoms with Crippen molar-refractivity contribution >= 4 is 0 Å². The molecule has 3 heteroatoms. The fourth-order valence-electron chi connectivity index (χ4n) is 1.38. The van der Waals surface area contributed by atoms with E-state index >= 15 is 0 Å². The van der Waals surface area contributed by atoms with E-state index < -0.39 is 0 Å². The van der Waals surface area contributed by atoms with Gasteiger partial charge in [0.05, 0.1) is 13.3 Å². The predicted octanol–water partition coefficient (Wildman–Crippen LogP) is 0.270. The monoisotopic (exact) mass is 147 g/mol. The fraction of sp³-hybridized carbons (Fsp3) is 1.00. The van der Waals surface area contributed by atoms with Crippen LogP contribution in [-0.2, 0) is 0 Å². The molecule has 0 aromatic carbocycles. The second kappa shape index (κ2) is 3.88. The highest BCUT2D eigenvalue weighted by Crippen LogP contribution is 2.15. The standard InChI is InChI=1S/C7H14FNO/c8-5-7-1-2-9(6-7)3-4-10/h7,10H,1-6H2/t7-/m1/s1. The molecule has 1 aliphatic heterocycles. The first kappa shape index (κ1) is 7.95. The Morgan fingerprint density at radius 2 is 2.40 bits per heavy atom. The van der Waals surface area contributed by atoms with Crippen molar-refractivity contribution in [1.29, 1.82) is 0 Å². The van der Waals surface area contributed by atoms with Crippen molar-refractivity contribution in [1.82, 2.24) is 4.90 Å². The van der Waals surface area contributed by atoms with Crippen LogP contribution in [0, 0.1) is 5.92 Å². The maximum atomic E-state index is 12.0. The first-order chi connectivity index (χ1) is 4.86. The van der Waals surface area contributed by atoms with Gasteiger partial charge in [0.1, 0.15) is 0 Å². The number of nitrogens with zero attached hydrogens (tertiary/aromatic N) is 1. The number of aliphatic hydroxyl groups excluding tert-OH is 1. The molecule has 0 radical (unpaired) electrons.